The Morgan fingerprint density at radius 3 is 2.02 bits per heavy atom. The smallest absolute Gasteiger partial charge is 0.264 e. The minimum absolute atomic E-state index is 0.0284. The number of carbonyl (C=O) groups excluding carboxylic acids is 2. The van der Waals surface area contributed by atoms with Crippen LogP contribution in [-0.2, 0) is 26.2 Å². The fraction of sp³-hybridized carbons (Fsp3) is 0.333. The number of hydrogen-bond acceptors (Lipinski definition) is 4. The summed E-state index contributed by atoms with van der Waals surface area (Å²) in [5.74, 6) is -2.00. The third-order valence-electron chi connectivity index (χ3n) is 7.14. The van der Waals surface area contributed by atoms with Crippen LogP contribution in [0.5, 0.6) is 0 Å². The molecule has 7 nitrogen and oxygen atoms in total. The van der Waals surface area contributed by atoms with Crippen LogP contribution in [0, 0.1) is 18.6 Å². The van der Waals surface area contributed by atoms with Crippen LogP contribution in [0.15, 0.2) is 77.7 Å². The van der Waals surface area contributed by atoms with Gasteiger partial charge in [0.25, 0.3) is 10.0 Å². The molecule has 4 rings (SSSR count). The normalized spacial score (nSPS) is 14.5. The molecule has 3 aromatic rings. The van der Waals surface area contributed by atoms with Gasteiger partial charge in [0.1, 0.15) is 24.2 Å². The number of carbonyl (C=O) groups is 2. The molecule has 40 heavy (non-hydrogen) atoms. The molecule has 0 heterocycles. The summed E-state index contributed by atoms with van der Waals surface area (Å²) in [4.78, 5) is 28.2. The van der Waals surface area contributed by atoms with Gasteiger partial charge < -0.3 is 10.2 Å². The van der Waals surface area contributed by atoms with Gasteiger partial charge in [-0.3, -0.25) is 13.9 Å². The highest BCUT2D eigenvalue weighted by atomic mass is 32.2. The number of nitrogens with one attached hydrogen (secondary N) is 1. The van der Waals surface area contributed by atoms with E-state index in [4.69, 9.17) is 0 Å². The number of nitrogens with zero attached hydrogens (tertiary/aromatic N) is 2. The molecule has 0 aliphatic heterocycles. The van der Waals surface area contributed by atoms with Gasteiger partial charge in [-0.2, -0.15) is 0 Å². The zero-order valence-corrected chi connectivity index (χ0v) is 23.3. The summed E-state index contributed by atoms with van der Waals surface area (Å²) in [6.07, 6.45) is 3.76. The number of aryl methyl sites for hydroxylation is 1. The molecule has 3 aromatic carbocycles. The quantitative estimate of drug-likeness (QED) is 0.375. The van der Waals surface area contributed by atoms with E-state index >= 15 is 0 Å². The van der Waals surface area contributed by atoms with E-state index in [1.54, 1.807) is 31.2 Å². The minimum atomic E-state index is -4.29. The lowest BCUT2D eigenvalue weighted by molar-refractivity contribution is -0.139. The number of benzene rings is 3. The Labute approximate surface area is 233 Å². The second-order valence-corrected chi connectivity index (χ2v) is 12.0. The topological polar surface area (TPSA) is 86.8 Å². The van der Waals surface area contributed by atoms with Crippen LogP contribution in [0.25, 0.3) is 0 Å². The van der Waals surface area contributed by atoms with E-state index in [2.05, 4.69) is 5.32 Å². The number of rotatable bonds is 10. The van der Waals surface area contributed by atoms with Gasteiger partial charge in [-0.15, -0.1) is 0 Å². The first-order chi connectivity index (χ1) is 19.0. The van der Waals surface area contributed by atoms with Gasteiger partial charge in [-0.05, 0) is 80.8 Å². The zero-order valence-electron chi connectivity index (χ0n) is 22.5. The standard InChI is InChI=1S/C30H33F2N3O4S/c1-21-7-15-27(16-8-21)35(40(38,39)28-17-13-25(32)14-18-28)20-29(36)34(19-23-9-11-24(31)12-10-23)22(2)30(37)33-26-5-3-4-6-26/h7-18,22,26H,3-6,19-20H2,1-2H3,(H,33,37). The molecule has 1 aliphatic carbocycles. The fourth-order valence-electron chi connectivity index (χ4n) is 4.73. The molecule has 212 valence electrons. The molecule has 0 saturated heterocycles. The lowest BCUT2D eigenvalue weighted by atomic mass is 10.1. The van der Waals surface area contributed by atoms with Crippen LogP contribution in [-0.4, -0.2) is 43.8 Å². The summed E-state index contributed by atoms with van der Waals surface area (Å²) in [5.41, 5.74) is 1.72. The van der Waals surface area contributed by atoms with Gasteiger partial charge in [0.2, 0.25) is 11.8 Å². The van der Waals surface area contributed by atoms with E-state index in [0.717, 1.165) is 59.8 Å². The Balaban J connectivity index is 1.67. The average molecular weight is 570 g/mol. The van der Waals surface area contributed by atoms with E-state index < -0.39 is 40.2 Å². The van der Waals surface area contributed by atoms with E-state index in [0.29, 0.717) is 5.56 Å². The van der Waals surface area contributed by atoms with Crippen molar-refractivity contribution in [2.24, 2.45) is 0 Å². The third-order valence-corrected chi connectivity index (χ3v) is 8.93. The summed E-state index contributed by atoms with van der Waals surface area (Å²) >= 11 is 0. The van der Waals surface area contributed by atoms with Crippen molar-refractivity contribution >= 4 is 27.5 Å². The molecule has 0 bridgehead atoms. The summed E-state index contributed by atoms with van der Waals surface area (Å²) in [5, 5.41) is 3.00. The van der Waals surface area contributed by atoms with Crippen molar-refractivity contribution in [1.29, 1.82) is 0 Å². The zero-order chi connectivity index (χ0) is 28.9. The predicted molar refractivity (Wildman–Crippen MR) is 149 cm³/mol. The first-order valence-electron chi connectivity index (χ1n) is 13.2. The Hall–Kier alpha value is -3.79. The molecule has 10 heteroatoms. The van der Waals surface area contributed by atoms with Crippen molar-refractivity contribution in [2.75, 3.05) is 10.8 Å². The maximum atomic E-state index is 13.9. The largest absolute Gasteiger partial charge is 0.352 e. The number of sulfonamides is 1. The Morgan fingerprint density at radius 2 is 1.45 bits per heavy atom. The molecule has 1 aliphatic rings. The number of anilines is 1. The number of amides is 2. The van der Waals surface area contributed by atoms with Crippen LogP contribution >= 0.6 is 0 Å². The lowest BCUT2D eigenvalue weighted by Crippen LogP contribution is -2.52. The van der Waals surface area contributed by atoms with Crippen molar-refractivity contribution in [3.05, 3.63) is 95.6 Å². The van der Waals surface area contributed by atoms with Crippen molar-refractivity contribution in [3.8, 4) is 0 Å². The molecule has 1 saturated carbocycles. The average Bonchev–Trinajstić information content (AvgIpc) is 3.44. The third kappa shape index (κ3) is 7.04. The van der Waals surface area contributed by atoms with Crippen molar-refractivity contribution in [2.45, 2.75) is 63.1 Å². The Bertz CT molecular complexity index is 1420. The Morgan fingerprint density at radius 1 is 0.900 bits per heavy atom. The molecule has 1 unspecified atom stereocenters. The van der Waals surface area contributed by atoms with E-state index in [9.17, 15) is 26.8 Å². The molecule has 0 radical (unpaired) electrons. The molecule has 1 N–H and O–H groups in total. The number of halogens is 2. The van der Waals surface area contributed by atoms with E-state index in [1.165, 1.54) is 29.2 Å². The monoisotopic (exact) mass is 569 g/mol. The van der Waals surface area contributed by atoms with Crippen molar-refractivity contribution < 1.29 is 26.8 Å². The Kier molecular flexibility index (Phi) is 9.19. The maximum Gasteiger partial charge on any atom is 0.264 e. The predicted octanol–water partition coefficient (Wildman–Crippen LogP) is 4.94. The highest BCUT2D eigenvalue weighted by Crippen LogP contribution is 2.25. The van der Waals surface area contributed by atoms with Crippen molar-refractivity contribution in [1.82, 2.24) is 10.2 Å². The van der Waals surface area contributed by atoms with Gasteiger partial charge in [-0.1, -0.05) is 42.7 Å². The van der Waals surface area contributed by atoms with Gasteiger partial charge in [0, 0.05) is 12.6 Å². The molecular weight excluding hydrogens is 536 g/mol. The first-order valence-corrected chi connectivity index (χ1v) is 14.7. The van der Waals surface area contributed by atoms with Gasteiger partial charge in [0.05, 0.1) is 10.6 Å². The summed E-state index contributed by atoms with van der Waals surface area (Å²) < 4.78 is 55.5. The van der Waals surface area contributed by atoms with Crippen LogP contribution in [0.3, 0.4) is 0 Å². The SMILES string of the molecule is Cc1ccc(N(CC(=O)N(Cc2ccc(F)cc2)C(C)C(=O)NC2CCCC2)S(=O)(=O)c2ccc(F)cc2)cc1. The molecule has 1 fully saturated rings. The summed E-state index contributed by atoms with van der Waals surface area (Å²) in [7, 11) is -4.29. The van der Waals surface area contributed by atoms with Crippen LogP contribution in [0.4, 0.5) is 14.5 Å². The van der Waals surface area contributed by atoms with E-state index in [1.807, 2.05) is 6.92 Å². The lowest BCUT2D eigenvalue weighted by Gasteiger charge is -2.32. The summed E-state index contributed by atoms with van der Waals surface area (Å²) in [6.45, 7) is 2.81. The highest BCUT2D eigenvalue weighted by molar-refractivity contribution is 7.92. The summed E-state index contributed by atoms with van der Waals surface area (Å²) in [6, 6.07) is 15.7. The van der Waals surface area contributed by atoms with Crippen molar-refractivity contribution in [3.63, 3.8) is 0 Å². The van der Waals surface area contributed by atoms with Crippen LogP contribution < -0.4 is 9.62 Å². The molecule has 0 aromatic heterocycles. The molecular formula is C30H33F2N3O4S. The van der Waals surface area contributed by atoms with Crippen LogP contribution in [0.2, 0.25) is 0 Å². The minimum Gasteiger partial charge on any atom is -0.352 e. The molecule has 0 spiro atoms. The number of hydrogen-bond donors (Lipinski definition) is 1. The second-order valence-electron chi connectivity index (χ2n) is 10.1. The fourth-order valence-corrected chi connectivity index (χ4v) is 6.15. The van der Waals surface area contributed by atoms with E-state index in [-0.39, 0.29) is 29.1 Å². The molecule has 2 amide bonds. The molecule has 1 atom stereocenters. The second kappa shape index (κ2) is 12.6. The maximum absolute atomic E-state index is 13.9. The van der Waals surface area contributed by atoms with Gasteiger partial charge >= 0.3 is 0 Å². The van der Waals surface area contributed by atoms with Gasteiger partial charge in [0.15, 0.2) is 0 Å². The first kappa shape index (κ1) is 29.2. The highest BCUT2D eigenvalue weighted by Gasteiger charge is 2.33. The van der Waals surface area contributed by atoms with Crippen LogP contribution in [0.1, 0.15) is 43.7 Å². The van der Waals surface area contributed by atoms with Gasteiger partial charge in [-0.25, -0.2) is 17.2 Å².